The monoisotopic (exact) mass is 365 g/mol. The molecule has 0 spiro atoms. The van der Waals surface area contributed by atoms with Crippen molar-refractivity contribution >= 4 is 11.9 Å². The molecule has 6 nitrogen and oxygen atoms in total. The van der Waals surface area contributed by atoms with Gasteiger partial charge < -0.3 is 15.0 Å². The lowest BCUT2D eigenvalue weighted by molar-refractivity contribution is -0.168. The summed E-state index contributed by atoms with van der Waals surface area (Å²) in [5.41, 5.74) is -0.494. The number of nitrogens with one attached hydrogen (secondary N) is 1. The highest BCUT2D eigenvalue weighted by Crippen LogP contribution is 2.53. The molecule has 1 heterocycles. The van der Waals surface area contributed by atoms with Gasteiger partial charge in [-0.25, -0.2) is 4.39 Å². The van der Waals surface area contributed by atoms with Crippen molar-refractivity contribution in [2.75, 3.05) is 13.1 Å². The number of nitrogens with zero attached hydrogens (tertiary/aromatic N) is 2. The number of esters is 1. The lowest BCUT2D eigenvalue weighted by atomic mass is 9.57. The van der Waals surface area contributed by atoms with E-state index in [1.165, 1.54) is 4.90 Å². The van der Waals surface area contributed by atoms with E-state index in [2.05, 4.69) is 5.32 Å². The zero-order valence-electron chi connectivity index (χ0n) is 15.6. The third-order valence-electron chi connectivity index (χ3n) is 6.36. The van der Waals surface area contributed by atoms with Crippen LogP contribution >= 0.6 is 0 Å². The van der Waals surface area contributed by atoms with Gasteiger partial charge >= 0.3 is 5.97 Å². The maximum absolute atomic E-state index is 13.5. The predicted molar refractivity (Wildman–Crippen MR) is 92.7 cm³/mol. The van der Waals surface area contributed by atoms with Crippen LogP contribution in [-0.4, -0.2) is 53.7 Å². The number of carbonyl (C=O) groups is 2. The van der Waals surface area contributed by atoms with E-state index in [1.807, 2.05) is 19.9 Å². The molecule has 1 amide bonds. The first kappa shape index (κ1) is 19.1. The molecule has 2 bridgehead atoms. The van der Waals surface area contributed by atoms with E-state index in [0.29, 0.717) is 0 Å². The Morgan fingerprint density at radius 2 is 1.88 bits per heavy atom. The summed E-state index contributed by atoms with van der Waals surface area (Å²) in [4.78, 5) is 26.3. The summed E-state index contributed by atoms with van der Waals surface area (Å²) in [6, 6.07) is 1.35. The Hall–Kier alpha value is -1.68. The highest BCUT2D eigenvalue weighted by atomic mass is 19.1. The summed E-state index contributed by atoms with van der Waals surface area (Å²) in [6.45, 7) is 3.86. The number of likely N-dealkylation sites (tertiary alicyclic amines) is 1. The lowest BCUT2D eigenvalue weighted by Gasteiger charge is -2.52. The number of hydrogen-bond acceptors (Lipinski definition) is 5. The molecule has 0 aromatic rings. The number of hydrogen-bond donors (Lipinski definition) is 1. The van der Waals surface area contributed by atoms with Crippen LogP contribution in [0, 0.1) is 16.7 Å². The van der Waals surface area contributed by atoms with Crippen LogP contribution in [0.15, 0.2) is 0 Å². The van der Waals surface area contributed by atoms with E-state index >= 15 is 0 Å². The number of fused-ring (bicyclic) bond motifs is 3. The molecule has 0 aromatic carbocycles. The SMILES string of the molecule is CC(C)OC(=O)C12CCC(NCC(=O)N3C[C@@H](F)C[C@H]3C#N)(CC1)CC2. The summed E-state index contributed by atoms with van der Waals surface area (Å²) < 4.78 is 19.0. The van der Waals surface area contributed by atoms with Gasteiger partial charge in [0.25, 0.3) is 0 Å². The number of alkyl halides is 1. The van der Waals surface area contributed by atoms with Crippen LogP contribution in [-0.2, 0) is 14.3 Å². The molecule has 0 aromatic heterocycles. The maximum Gasteiger partial charge on any atom is 0.312 e. The number of nitriles is 1. The van der Waals surface area contributed by atoms with E-state index in [1.54, 1.807) is 0 Å². The summed E-state index contributed by atoms with van der Waals surface area (Å²) in [5, 5.41) is 12.5. The van der Waals surface area contributed by atoms with Crippen molar-refractivity contribution in [1.29, 1.82) is 5.26 Å². The number of amides is 1. The van der Waals surface area contributed by atoms with E-state index in [-0.39, 0.29) is 48.4 Å². The third-order valence-corrected chi connectivity index (χ3v) is 6.36. The van der Waals surface area contributed by atoms with Crippen LogP contribution in [0.5, 0.6) is 0 Å². The Balaban J connectivity index is 1.54. The largest absolute Gasteiger partial charge is 0.463 e. The van der Waals surface area contributed by atoms with Crippen molar-refractivity contribution in [2.45, 2.75) is 82.6 Å². The number of ether oxygens (including phenoxy) is 1. The van der Waals surface area contributed by atoms with Gasteiger partial charge in [0.15, 0.2) is 0 Å². The molecule has 1 aliphatic heterocycles. The molecule has 0 unspecified atom stereocenters. The van der Waals surface area contributed by atoms with Crippen molar-refractivity contribution in [3.63, 3.8) is 0 Å². The van der Waals surface area contributed by atoms with Gasteiger partial charge in [0.2, 0.25) is 5.91 Å². The fourth-order valence-corrected chi connectivity index (χ4v) is 4.64. The highest BCUT2D eigenvalue weighted by Gasteiger charge is 2.53. The molecular formula is C19H28FN3O3. The normalized spacial score (nSPS) is 36.2. The highest BCUT2D eigenvalue weighted by molar-refractivity contribution is 5.80. The predicted octanol–water partition coefficient (Wildman–Crippen LogP) is 2.08. The quantitative estimate of drug-likeness (QED) is 0.755. The van der Waals surface area contributed by atoms with Gasteiger partial charge in [0.1, 0.15) is 12.2 Å². The van der Waals surface area contributed by atoms with Crippen LogP contribution in [0.1, 0.15) is 58.8 Å². The Morgan fingerprint density at radius 3 is 2.42 bits per heavy atom. The van der Waals surface area contributed by atoms with Crippen LogP contribution in [0.4, 0.5) is 4.39 Å². The molecule has 26 heavy (non-hydrogen) atoms. The first-order valence-corrected chi connectivity index (χ1v) is 9.58. The molecule has 1 N–H and O–H groups in total. The van der Waals surface area contributed by atoms with Gasteiger partial charge in [-0.05, 0) is 52.4 Å². The molecule has 4 rings (SSSR count). The Bertz CT molecular complexity index is 591. The molecule has 7 heteroatoms. The molecule has 0 radical (unpaired) electrons. The fourth-order valence-electron chi connectivity index (χ4n) is 4.64. The summed E-state index contributed by atoms with van der Waals surface area (Å²) >= 11 is 0. The molecule has 3 aliphatic carbocycles. The van der Waals surface area contributed by atoms with Gasteiger partial charge in [0, 0.05) is 12.0 Å². The zero-order valence-corrected chi connectivity index (χ0v) is 15.6. The number of halogens is 1. The topological polar surface area (TPSA) is 82.4 Å². The van der Waals surface area contributed by atoms with Crippen molar-refractivity contribution < 1.29 is 18.7 Å². The van der Waals surface area contributed by atoms with Gasteiger partial charge in [-0.3, -0.25) is 9.59 Å². The second kappa shape index (κ2) is 7.15. The van der Waals surface area contributed by atoms with E-state index < -0.39 is 12.2 Å². The van der Waals surface area contributed by atoms with E-state index in [0.717, 1.165) is 38.5 Å². The number of carbonyl (C=O) groups excluding carboxylic acids is 2. The minimum Gasteiger partial charge on any atom is -0.463 e. The summed E-state index contributed by atoms with van der Waals surface area (Å²) in [6.07, 6.45) is 3.72. The van der Waals surface area contributed by atoms with E-state index in [4.69, 9.17) is 10.00 Å². The first-order chi connectivity index (χ1) is 12.3. The Morgan fingerprint density at radius 1 is 1.27 bits per heavy atom. The smallest absolute Gasteiger partial charge is 0.312 e. The molecule has 4 aliphatic rings. The average molecular weight is 365 g/mol. The molecule has 144 valence electrons. The van der Waals surface area contributed by atoms with Gasteiger partial charge in [-0.1, -0.05) is 0 Å². The van der Waals surface area contributed by atoms with Crippen molar-refractivity contribution in [1.82, 2.24) is 10.2 Å². The standard InChI is InChI=1S/C19H28FN3O3/c1-13(2)26-17(25)18-3-6-19(7-4-18,8-5-18)22-11-16(24)23-12-14(20)9-15(23)10-21/h13-15,22H,3-9,11-12H2,1-2H3/t14-,15-,18?,19?/m0/s1. The molecule has 2 atom stereocenters. The average Bonchev–Trinajstić information content (AvgIpc) is 3.02. The minimum absolute atomic E-state index is 0.00982. The minimum atomic E-state index is -1.11. The second-order valence-electron chi connectivity index (χ2n) is 8.39. The summed E-state index contributed by atoms with van der Waals surface area (Å²) in [7, 11) is 0. The molecular weight excluding hydrogens is 337 g/mol. The lowest BCUT2D eigenvalue weighted by Crippen LogP contribution is -2.59. The van der Waals surface area contributed by atoms with Gasteiger partial charge in [0.05, 0.1) is 30.7 Å². The van der Waals surface area contributed by atoms with Gasteiger partial charge in [-0.2, -0.15) is 5.26 Å². The second-order valence-corrected chi connectivity index (χ2v) is 8.39. The first-order valence-electron chi connectivity index (χ1n) is 9.58. The van der Waals surface area contributed by atoms with Crippen LogP contribution in [0.2, 0.25) is 0 Å². The van der Waals surface area contributed by atoms with Crippen molar-refractivity contribution in [2.24, 2.45) is 5.41 Å². The van der Waals surface area contributed by atoms with Crippen LogP contribution < -0.4 is 5.32 Å². The maximum atomic E-state index is 13.5. The van der Waals surface area contributed by atoms with Crippen LogP contribution in [0.3, 0.4) is 0 Å². The van der Waals surface area contributed by atoms with Crippen LogP contribution in [0.25, 0.3) is 0 Å². The third kappa shape index (κ3) is 3.57. The fraction of sp³-hybridized carbons (Fsp3) is 0.842. The molecule has 4 fully saturated rings. The zero-order chi connectivity index (χ0) is 18.9. The van der Waals surface area contributed by atoms with E-state index in [9.17, 15) is 14.0 Å². The Kier molecular flexibility index (Phi) is 5.25. The summed E-state index contributed by atoms with van der Waals surface area (Å²) in [5.74, 6) is -0.299. The van der Waals surface area contributed by atoms with Crippen molar-refractivity contribution in [3.05, 3.63) is 0 Å². The molecule has 1 saturated heterocycles. The van der Waals surface area contributed by atoms with Gasteiger partial charge in [-0.15, -0.1) is 0 Å². The Labute approximate surface area is 154 Å². The molecule has 3 saturated carbocycles. The van der Waals surface area contributed by atoms with Crippen molar-refractivity contribution in [3.8, 4) is 6.07 Å². The number of rotatable bonds is 5.